The molecular formula is C15H18FNO3. The molecule has 2 rings (SSSR count). The first-order valence-electron chi connectivity index (χ1n) is 6.82. The molecule has 1 aliphatic rings. The number of aryl methyl sites for hydroxylation is 1. The highest BCUT2D eigenvalue weighted by molar-refractivity contribution is 5.77. The summed E-state index contributed by atoms with van der Waals surface area (Å²) >= 11 is 0. The molecule has 108 valence electrons. The van der Waals surface area contributed by atoms with E-state index in [-0.39, 0.29) is 24.1 Å². The van der Waals surface area contributed by atoms with Crippen LogP contribution in [0.4, 0.5) is 4.39 Å². The summed E-state index contributed by atoms with van der Waals surface area (Å²) in [4.78, 5) is 24.5. The van der Waals surface area contributed by atoms with E-state index >= 15 is 0 Å². The number of carboxylic acids is 1. The fraction of sp³-hybridized carbons (Fsp3) is 0.467. The summed E-state index contributed by atoms with van der Waals surface area (Å²) in [6.07, 6.45) is 1.64. The predicted octanol–water partition coefficient (Wildman–Crippen LogP) is 2.08. The summed E-state index contributed by atoms with van der Waals surface area (Å²) < 4.78 is 13.4. The molecule has 20 heavy (non-hydrogen) atoms. The van der Waals surface area contributed by atoms with E-state index < -0.39 is 5.97 Å². The minimum absolute atomic E-state index is 0.0305. The van der Waals surface area contributed by atoms with Gasteiger partial charge in [0.1, 0.15) is 5.82 Å². The molecule has 0 saturated carbocycles. The van der Waals surface area contributed by atoms with Gasteiger partial charge in [0.2, 0.25) is 5.91 Å². The minimum Gasteiger partial charge on any atom is -0.481 e. The van der Waals surface area contributed by atoms with E-state index in [0.29, 0.717) is 37.9 Å². The molecule has 1 aromatic rings. The lowest BCUT2D eigenvalue weighted by Gasteiger charge is -2.30. The number of nitrogens with zero attached hydrogens (tertiary/aromatic N) is 1. The van der Waals surface area contributed by atoms with Crippen molar-refractivity contribution >= 4 is 11.9 Å². The topological polar surface area (TPSA) is 57.6 Å². The van der Waals surface area contributed by atoms with E-state index in [4.69, 9.17) is 5.11 Å². The van der Waals surface area contributed by atoms with Gasteiger partial charge in [0.15, 0.2) is 0 Å². The Morgan fingerprint density at radius 2 is 1.90 bits per heavy atom. The molecule has 1 aliphatic heterocycles. The molecule has 0 spiro atoms. The number of amides is 1. The first kappa shape index (κ1) is 14.5. The third-order valence-corrected chi connectivity index (χ3v) is 3.76. The maximum atomic E-state index is 13.4. The Labute approximate surface area is 117 Å². The molecule has 0 atom stereocenters. The second kappa shape index (κ2) is 6.50. The Hall–Kier alpha value is -1.91. The summed E-state index contributed by atoms with van der Waals surface area (Å²) in [5, 5.41) is 8.90. The molecule has 1 heterocycles. The van der Waals surface area contributed by atoms with Crippen LogP contribution in [0.1, 0.15) is 24.8 Å². The van der Waals surface area contributed by atoms with E-state index in [1.807, 2.05) is 0 Å². The number of carbonyl (C=O) groups excluding carboxylic acids is 1. The Bertz CT molecular complexity index is 496. The van der Waals surface area contributed by atoms with Gasteiger partial charge in [-0.2, -0.15) is 0 Å². The normalized spacial score (nSPS) is 16.1. The number of benzene rings is 1. The van der Waals surface area contributed by atoms with E-state index in [2.05, 4.69) is 0 Å². The van der Waals surface area contributed by atoms with Crippen molar-refractivity contribution in [2.45, 2.75) is 25.7 Å². The van der Waals surface area contributed by atoms with Crippen LogP contribution in [0, 0.1) is 11.7 Å². The Morgan fingerprint density at radius 3 is 2.50 bits per heavy atom. The number of halogens is 1. The monoisotopic (exact) mass is 279 g/mol. The van der Waals surface area contributed by atoms with Crippen molar-refractivity contribution in [1.82, 2.24) is 4.90 Å². The van der Waals surface area contributed by atoms with Crippen LogP contribution in [0.3, 0.4) is 0 Å². The van der Waals surface area contributed by atoms with Crippen LogP contribution >= 0.6 is 0 Å². The number of hydrogen-bond donors (Lipinski definition) is 1. The van der Waals surface area contributed by atoms with Crippen molar-refractivity contribution in [1.29, 1.82) is 0 Å². The van der Waals surface area contributed by atoms with Crippen LogP contribution in [-0.2, 0) is 16.0 Å². The second-order valence-electron chi connectivity index (χ2n) is 5.08. The lowest BCUT2D eigenvalue weighted by Crippen LogP contribution is -2.40. The van der Waals surface area contributed by atoms with Crippen LogP contribution < -0.4 is 0 Å². The van der Waals surface area contributed by atoms with Gasteiger partial charge in [-0.25, -0.2) is 4.39 Å². The predicted molar refractivity (Wildman–Crippen MR) is 71.7 cm³/mol. The fourth-order valence-electron chi connectivity index (χ4n) is 2.48. The number of carboxylic acid groups (broad SMARTS) is 1. The first-order valence-corrected chi connectivity index (χ1v) is 6.82. The third-order valence-electron chi connectivity index (χ3n) is 3.76. The molecule has 1 amide bonds. The first-order chi connectivity index (χ1) is 9.58. The maximum absolute atomic E-state index is 13.4. The average molecular weight is 279 g/mol. The smallest absolute Gasteiger partial charge is 0.306 e. The molecule has 1 saturated heterocycles. The molecule has 5 heteroatoms. The number of hydrogen-bond acceptors (Lipinski definition) is 2. The van der Waals surface area contributed by atoms with Gasteiger partial charge in [0, 0.05) is 19.5 Å². The van der Waals surface area contributed by atoms with E-state index in [1.54, 1.807) is 23.1 Å². The standard InChI is InChI=1S/C15H18FNO3/c16-13-4-2-1-3-11(13)5-6-14(18)17-9-7-12(8-10-17)15(19)20/h1-4,12H,5-10H2,(H,19,20). The lowest BCUT2D eigenvalue weighted by molar-refractivity contribution is -0.145. The lowest BCUT2D eigenvalue weighted by atomic mass is 9.96. The zero-order valence-electron chi connectivity index (χ0n) is 11.2. The van der Waals surface area contributed by atoms with Crippen molar-refractivity contribution in [3.63, 3.8) is 0 Å². The van der Waals surface area contributed by atoms with Crippen molar-refractivity contribution in [3.05, 3.63) is 35.6 Å². The van der Waals surface area contributed by atoms with Crippen LogP contribution in [0.25, 0.3) is 0 Å². The average Bonchev–Trinajstić information content (AvgIpc) is 2.46. The van der Waals surface area contributed by atoms with Gasteiger partial charge in [-0.1, -0.05) is 18.2 Å². The van der Waals surface area contributed by atoms with Gasteiger partial charge in [0.05, 0.1) is 5.92 Å². The van der Waals surface area contributed by atoms with Crippen LogP contribution in [0.5, 0.6) is 0 Å². The Kier molecular flexibility index (Phi) is 4.71. The summed E-state index contributed by atoms with van der Waals surface area (Å²) in [5.74, 6) is -1.45. The van der Waals surface area contributed by atoms with Gasteiger partial charge in [-0.3, -0.25) is 9.59 Å². The fourth-order valence-corrected chi connectivity index (χ4v) is 2.48. The van der Waals surface area contributed by atoms with Crippen LogP contribution in [-0.4, -0.2) is 35.0 Å². The van der Waals surface area contributed by atoms with Gasteiger partial charge in [-0.15, -0.1) is 0 Å². The largest absolute Gasteiger partial charge is 0.481 e. The van der Waals surface area contributed by atoms with E-state index in [0.717, 1.165) is 0 Å². The molecule has 0 unspecified atom stereocenters. The highest BCUT2D eigenvalue weighted by Crippen LogP contribution is 2.18. The molecule has 0 aromatic heterocycles. The Morgan fingerprint density at radius 1 is 1.25 bits per heavy atom. The van der Waals surface area contributed by atoms with Crippen molar-refractivity contribution in [2.75, 3.05) is 13.1 Å². The number of rotatable bonds is 4. The molecule has 1 fully saturated rings. The van der Waals surface area contributed by atoms with Crippen molar-refractivity contribution in [2.24, 2.45) is 5.92 Å². The number of piperidine rings is 1. The van der Waals surface area contributed by atoms with Crippen LogP contribution in [0.2, 0.25) is 0 Å². The number of carbonyl (C=O) groups is 2. The minimum atomic E-state index is -0.788. The van der Waals surface area contributed by atoms with Gasteiger partial charge in [-0.05, 0) is 30.9 Å². The number of likely N-dealkylation sites (tertiary alicyclic amines) is 1. The molecule has 1 N–H and O–H groups in total. The van der Waals surface area contributed by atoms with Gasteiger partial charge in [0.25, 0.3) is 0 Å². The van der Waals surface area contributed by atoms with E-state index in [9.17, 15) is 14.0 Å². The zero-order chi connectivity index (χ0) is 14.5. The zero-order valence-corrected chi connectivity index (χ0v) is 11.2. The molecule has 0 bridgehead atoms. The van der Waals surface area contributed by atoms with Crippen molar-refractivity contribution < 1.29 is 19.1 Å². The molecular weight excluding hydrogens is 261 g/mol. The van der Waals surface area contributed by atoms with Gasteiger partial charge >= 0.3 is 5.97 Å². The maximum Gasteiger partial charge on any atom is 0.306 e. The second-order valence-corrected chi connectivity index (χ2v) is 5.08. The van der Waals surface area contributed by atoms with E-state index in [1.165, 1.54) is 6.07 Å². The van der Waals surface area contributed by atoms with Crippen molar-refractivity contribution in [3.8, 4) is 0 Å². The molecule has 0 aliphatic carbocycles. The van der Waals surface area contributed by atoms with Gasteiger partial charge < -0.3 is 10.0 Å². The number of aliphatic carboxylic acids is 1. The Balaban J connectivity index is 1.82. The quantitative estimate of drug-likeness (QED) is 0.918. The summed E-state index contributed by atoms with van der Waals surface area (Å²) in [5.41, 5.74) is 0.543. The van der Waals surface area contributed by atoms with Crippen LogP contribution in [0.15, 0.2) is 24.3 Å². The summed E-state index contributed by atoms with van der Waals surface area (Å²) in [7, 11) is 0. The highest BCUT2D eigenvalue weighted by Gasteiger charge is 2.26. The summed E-state index contributed by atoms with van der Waals surface area (Å²) in [6.45, 7) is 0.958. The highest BCUT2D eigenvalue weighted by atomic mass is 19.1. The molecule has 0 radical (unpaired) electrons. The molecule has 1 aromatic carbocycles. The summed E-state index contributed by atoms with van der Waals surface area (Å²) in [6, 6.07) is 6.44. The SMILES string of the molecule is O=C(O)C1CCN(C(=O)CCc2ccccc2F)CC1. The third kappa shape index (κ3) is 3.56. The molecule has 4 nitrogen and oxygen atoms in total.